The molecule has 2 rings (SSSR count). The molecular formula is C10H6Br2N2O2S. The van der Waals surface area contributed by atoms with Crippen molar-refractivity contribution in [3.63, 3.8) is 0 Å². The molecule has 2 heterocycles. The molecule has 0 aliphatic heterocycles. The molecule has 7 heteroatoms. The zero-order chi connectivity index (χ0) is 12.4. The molecule has 0 bridgehead atoms. The van der Waals surface area contributed by atoms with E-state index in [4.69, 9.17) is 0 Å². The average molecular weight is 378 g/mol. The van der Waals surface area contributed by atoms with Gasteiger partial charge in [-0.1, -0.05) is 0 Å². The largest absolute Gasteiger partial charge is 0.347 e. The maximum Gasteiger partial charge on any atom is 0.347 e. The summed E-state index contributed by atoms with van der Waals surface area (Å²) in [5.74, 6) is -0.131. The van der Waals surface area contributed by atoms with Crippen LogP contribution in [-0.2, 0) is 6.54 Å². The van der Waals surface area contributed by atoms with Crippen LogP contribution in [0.15, 0.2) is 36.9 Å². The van der Waals surface area contributed by atoms with Crippen molar-refractivity contribution in [3.05, 3.63) is 48.1 Å². The second-order valence-corrected chi connectivity index (χ2v) is 6.94. The summed E-state index contributed by atoms with van der Waals surface area (Å²) in [5, 5.41) is 0. The lowest BCUT2D eigenvalue weighted by atomic mass is 10.2. The molecule has 0 spiro atoms. The van der Waals surface area contributed by atoms with E-state index in [0.717, 1.165) is 7.57 Å². The Morgan fingerprint density at radius 3 is 2.82 bits per heavy atom. The molecule has 0 amide bonds. The molecule has 0 unspecified atom stereocenters. The molecule has 0 aliphatic carbocycles. The Balaban J connectivity index is 2.26. The summed E-state index contributed by atoms with van der Waals surface area (Å²) in [4.78, 5) is 26.9. The van der Waals surface area contributed by atoms with Crippen LogP contribution < -0.4 is 5.69 Å². The quantitative estimate of drug-likeness (QED) is 0.772. The highest BCUT2D eigenvalue weighted by molar-refractivity contribution is 9.12. The number of carbonyl (C=O) groups excluding carboxylic acids is 1. The maximum absolute atomic E-state index is 12.0. The van der Waals surface area contributed by atoms with Crippen molar-refractivity contribution in [2.24, 2.45) is 0 Å². The SMILES string of the molecule is O=C(Cn1cccnc1=O)c1cc(Br)sc1Br. The minimum absolute atomic E-state index is 0.00551. The Labute approximate surface area is 118 Å². The fraction of sp³-hybridized carbons (Fsp3) is 0.100. The normalized spacial score (nSPS) is 10.5. The van der Waals surface area contributed by atoms with Crippen LogP contribution in [0.4, 0.5) is 0 Å². The number of Topliss-reactive ketones (excluding diaryl/α,β-unsaturated/α-hetero) is 1. The molecule has 0 saturated heterocycles. The van der Waals surface area contributed by atoms with E-state index in [-0.39, 0.29) is 12.3 Å². The van der Waals surface area contributed by atoms with Gasteiger partial charge in [0.25, 0.3) is 0 Å². The molecule has 2 aromatic rings. The Hall–Kier alpha value is -0.790. The Morgan fingerprint density at radius 1 is 1.47 bits per heavy atom. The van der Waals surface area contributed by atoms with E-state index >= 15 is 0 Å². The van der Waals surface area contributed by atoms with Crippen LogP contribution in [-0.4, -0.2) is 15.3 Å². The number of nitrogens with zero attached hydrogens (tertiary/aromatic N) is 2. The number of carbonyl (C=O) groups is 1. The first-order chi connectivity index (χ1) is 8.08. The molecule has 2 aromatic heterocycles. The van der Waals surface area contributed by atoms with E-state index in [0.29, 0.717) is 5.56 Å². The predicted octanol–water partition coefficient (Wildman–Crippen LogP) is 2.71. The van der Waals surface area contributed by atoms with Crippen molar-refractivity contribution in [2.45, 2.75) is 6.54 Å². The number of thiophene rings is 1. The summed E-state index contributed by atoms with van der Waals surface area (Å²) in [6.45, 7) is -0.00551. The highest BCUT2D eigenvalue weighted by Gasteiger charge is 2.14. The highest BCUT2D eigenvalue weighted by atomic mass is 79.9. The smallest absolute Gasteiger partial charge is 0.292 e. The first-order valence-electron chi connectivity index (χ1n) is 4.57. The van der Waals surface area contributed by atoms with Crippen LogP contribution >= 0.6 is 43.2 Å². The Kier molecular flexibility index (Phi) is 3.90. The van der Waals surface area contributed by atoms with Crippen LogP contribution in [0.3, 0.4) is 0 Å². The number of hydrogen-bond donors (Lipinski definition) is 0. The average Bonchev–Trinajstić information content (AvgIpc) is 2.61. The lowest BCUT2D eigenvalue weighted by Crippen LogP contribution is -2.25. The van der Waals surface area contributed by atoms with Crippen LogP contribution in [0, 0.1) is 0 Å². The molecule has 0 aliphatic rings. The van der Waals surface area contributed by atoms with Gasteiger partial charge in [0.15, 0.2) is 5.78 Å². The van der Waals surface area contributed by atoms with Crippen LogP contribution in [0.25, 0.3) is 0 Å². The van der Waals surface area contributed by atoms with Gasteiger partial charge in [0.05, 0.1) is 14.1 Å². The summed E-state index contributed by atoms with van der Waals surface area (Å²) >= 11 is 8.04. The van der Waals surface area contributed by atoms with Gasteiger partial charge < -0.3 is 0 Å². The maximum atomic E-state index is 12.0. The van der Waals surface area contributed by atoms with Gasteiger partial charge >= 0.3 is 5.69 Å². The van der Waals surface area contributed by atoms with E-state index in [1.165, 1.54) is 22.1 Å². The molecule has 0 N–H and O–H groups in total. The number of rotatable bonds is 3. The zero-order valence-corrected chi connectivity index (χ0v) is 12.4. The molecular weight excluding hydrogens is 372 g/mol. The number of ketones is 1. The zero-order valence-electron chi connectivity index (χ0n) is 8.39. The van der Waals surface area contributed by atoms with Gasteiger partial charge in [-0.05, 0) is 44.0 Å². The van der Waals surface area contributed by atoms with Crippen molar-refractivity contribution >= 4 is 49.0 Å². The molecule has 0 atom stereocenters. The van der Waals surface area contributed by atoms with Crippen molar-refractivity contribution in [3.8, 4) is 0 Å². The van der Waals surface area contributed by atoms with Gasteiger partial charge in [0.2, 0.25) is 0 Å². The van der Waals surface area contributed by atoms with E-state index in [1.807, 2.05) is 0 Å². The van der Waals surface area contributed by atoms with Crippen molar-refractivity contribution in [2.75, 3.05) is 0 Å². The number of aromatic nitrogens is 2. The summed E-state index contributed by atoms with van der Waals surface area (Å²) in [6, 6.07) is 3.35. The minimum atomic E-state index is -0.425. The Morgan fingerprint density at radius 2 is 2.24 bits per heavy atom. The second kappa shape index (κ2) is 5.24. The van der Waals surface area contributed by atoms with Crippen LogP contribution in [0.1, 0.15) is 10.4 Å². The summed E-state index contributed by atoms with van der Waals surface area (Å²) < 4.78 is 2.90. The molecule has 17 heavy (non-hydrogen) atoms. The van der Waals surface area contributed by atoms with Crippen molar-refractivity contribution in [1.82, 2.24) is 9.55 Å². The van der Waals surface area contributed by atoms with Gasteiger partial charge in [-0.2, -0.15) is 0 Å². The third-order valence-electron chi connectivity index (χ3n) is 2.05. The van der Waals surface area contributed by atoms with E-state index < -0.39 is 5.69 Å². The standard InChI is InChI=1S/C10H6Br2N2O2S/c11-8-4-6(9(12)17-8)7(15)5-14-3-1-2-13-10(14)16/h1-4H,5H2. The predicted molar refractivity (Wildman–Crippen MR) is 72.5 cm³/mol. The highest BCUT2D eigenvalue weighted by Crippen LogP contribution is 2.32. The monoisotopic (exact) mass is 376 g/mol. The number of halogens is 2. The lowest BCUT2D eigenvalue weighted by molar-refractivity contribution is 0.0970. The fourth-order valence-corrected chi connectivity index (χ4v) is 4.13. The van der Waals surface area contributed by atoms with Gasteiger partial charge in [0.1, 0.15) is 0 Å². The number of hydrogen-bond acceptors (Lipinski definition) is 4. The van der Waals surface area contributed by atoms with E-state index in [1.54, 1.807) is 18.3 Å². The second-order valence-electron chi connectivity index (χ2n) is 3.19. The third-order valence-corrected chi connectivity index (χ3v) is 4.39. The molecule has 0 saturated carbocycles. The van der Waals surface area contributed by atoms with Crippen LogP contribution in [0.2, 0.25) is 0 Å². The first-order valence-corrected chi connectivity index (χ1v) is 6.97. The van der Waals surface area contributed by atoms with Crippen molar-refractivity contribution < 1.29 is 4.79 Å². The third kappa shape index (κ3) is 2.91. The Bertz CT molecular complexity index is 621. The lowest BCUT2D eigenvalue weighted by Gasteiger charge is -2.02. The van der Waals surface area contributed by atoms with E-state index in [9.17, 15) is 9.59 Å². The van der Waals surface area contributed by atoms with Gasteiger partial charge in [-0.15, -0.1) is 11.3 Å². The first kappa shape index (κ1) is 12.7. The molecule has 4 nitrogen and oxygen atoms in total. The summed E-state index contributed by atoms with van der Waals surface area (Å²) in [6.07, 6.45) is 2.95. The van der Waals surface area contributed by atoms with Gasteiger partial charge in [0, 0.05) is 18.0 Å². The summed E-state index contributed by atoms with van der Waals surface area (Å²) in [5.41, 5.74) is 0.142. The van der Waals surface area contributed by atoms with Gasteiger partial charge in [-0.3, -0.25) is 9.36 Å². The fourth-order valence-electron chi connectivity index (χ4n) is 1.28. The molecule has 88 valence electrons. The molecule has 0 fully saturated rings. The molecule has 0 aromatic carbocycles. The minimum Gasteiger partial charge on any atom is -0.292 e. The summed E-state index contributed by atoms with van der Waals surface area (Å²) in [7, 11) is 0. The van der Waals surface area contributed by atoms with Gasteiger partial charge in [-0.25, -0.2) is 9.78 Å². The van der Waals surface area contributed by atoms with Crippen LogP contribution in [0.5, 0.6) is 0 Å². The van der Waals surface area contributed by atoms with E-state index in [2.05, 4.69) is 36.8 Å². The molecule has 0 radical (unpaired) electrons. The van der Waals surface area contributed by atoms with Crippen molar-refractivity contribution in [1.29, 1.82) is 0 Å². The topological polar surface area (TPSA) is 52.0 Å².